The highest BCUT2D eigenvalue weighted by Crippen LogP contribution is 2.29. The van der Waals surface area contributed by atoms with Crippen molar-refractivity contribution >= 4 is 11.8 Å². The summed E-state index contributed by atoms with van der Waals surface area (Å²) in [7, 11) is 0. The lowest BCUT2D eigenvalue weighted by Crippen LogP contribution is -2.04. The second-order valence-corrected chi connectivity index (χ2v) is 4.24. The van der Waals surface area contributed by atoms with E-state index in [0.29, 0.717) is 10.9 Å². The monoisotopic (exact) mass is 259 g/mol. The van der Waals surface area contributed by atoms with Crippen molar-refractivity contribution in [1.29, 1.82) is 0 Å². The number of aromatic amines is 1. The number of nitrogens with zero attached hydrogens (tertiary/aromatic N) is 2. The van der Waals surface area contributed by atoms with Gasteiger partial charge in [0.2, 0.25) is 0 Å². The van der Waals surface area contributed by atoms with Gasteiger partial charge in [0.1, 0.15) is 6.33 Å². The standard InChI is InChI=1S/C10H8F3N3S/c11-10(12,13)8-3-1-7(2-4-8)5-17-9-14-6-15-16-9/h1-4,6H,5H2,(H,14,15,16). The Labute approximate surface area is 99.5 Å². The zero-order valence-electron chi connectivity index (χ0n) is 8.53. The topological polar surface area (TPSA) is 41.6 Å². The predicted molar refractivity (Wildman–Crippen MR) is 57.4 cm³/mol. The SMILES string of the molecule is FC(F)(F)c1ccc(CSc2ncn[nH]2)cc1. The van der Waals surface area contributed by atoms with Crippen molar-refractivity contribution in [3.63, 3.8) is 0 Å². The minimum atomic E-state index is -4.28. The van der Waals surface area contributed by atoms with Crippen molar-refractivity contribution in [2.24, 2.45) is 0 Å². The van der Waals surface area contributed by atoms with Crippen molar-refractivity contribution in [1.82, 2.24) is 15.2 Å². The lowest BCUT2D eigenvalue weighted by atomic mass is 10.1. The van der Waals surface area contributed by atoms with Gasteiger partial charge in [-0.25, -0.2) is 4.98 Å². The molecule has 1 heterocycles. The molecule has 0 unspecified atom stereocenters. The third-order valence-corrected chi connectivity index (χ3v) is 3.00. The summed E-state index contributed by atoms with van der Waals surface area (Å²) in [6.07, 6.45) is -2.90. The second kappa shape index (κ2) is 4.79. The van der Waals surface area contributed by atoms with Crippen LogP contribution in [0, 0.1) is 0 Å². The number of thioether (sulfide) groups is 1. The van der Waals surface area contributed by atoms with E-state index in [1.54, 1.807) is 0 Å². The maximum absolute atomic E-state index is 12.3. The van der Waals surface area contributed by atoms with E-state index < -0.39 is 11.7 Å². The van der Waals surface area contributed by atoms with E-state index >= 15 is 0 Å². The average molecular weight is 259 g/mol. The zero-order valence-corrected chi connectivity index (χ0v) is 9.35. The number of hydrogen-bond donors (Lipinski definition) is 1. The largest absolute Gasteiger partial charge is 0.416 e. The molecule has 3 nitrogen and oxygen atoms in total. The molecule has 0 aliphatic heterocycles. The molecule has 0 atom stereocenters. The molecule has 0 aliphatic rings. The van der Waals surface area contributed by atoms with Crippen LogP contribution in [-0.4, -0.2) is 15.2 Å². The summed E-state index contributed by atoms with van der Waals surface area (Å²) in [5.74, 6) is 0.549. The van der Waals surface area contributed by atoms with Gasteiger partial charge in [-0.05, 0) is 17.7 Å². The molecular weight excluding hydrogens is 251 g/mol. The van der Waals surface area contributed by atoms with Gasteiger partial charge in [0, 0.05) is 5.75 Å². The number of H-pyrrole nitrogens is 1. The highest BCUT2D eigenvalue weighted by Gasteiger charge is 2.29. The third-order valence-electron chi connectivity index (χ3n) is 2.05. The number of nitrogens with one attached hydrogen (secondary N) is 1. The smallest absolute Gasteiger partial charge is 0.254 e. The molecule has 0 spiro atoms. The Balaban J connectivity index is 1.99. The van der Waals surface area contributed by atoms with Gasteiger partial charge in [0.25, 0.3) is 0 Å². The first-order valence-electron chi connectivity index (χ1n) is 4.70. The number of hydrogen-bond acceptors (Lipinski definition) is 3. The van der Waals surface area contributed by atoms with Crippen LogP contribution in [0.4, 0.5) is 13.2 Å². The van der Waals surface area contributed by atoms with Crippen LogP contribution in [0.15, 0.2) is 35.7 Å². The van der Waals surface area contributed by atoms with Crippen molar-refractivity contribution < 1.29 is 13.2 Å². The Morgan fingerprint density at radius 2 is 1.88 bits per heavy atom. The average Bonchev–Trinajstić information content (AvgIpc) is 2.78. The number of alkyl halides is 3. The molecule has 0 saturated carbocycles. The summed E-state index contributed by atoms with van der Waals surface area (Å²) in [6.45, 7) is 0. The molecule has 7 heteroatoms. The van der Waals surface area contributed by atoms with Crippen molar-refractivity contribution in [3.05, 3.63) is 41.7 Å². The van der Waals surface area contributed by atoms with E-state index in [1.165, 1.54) is 30.2 Å². The van der Waals surface area contributed by atoms with Crippen molar-refractivity contribution in [2.75, 3.05) is 0 Å². The Bertz CT molecular complexity index is 465. The molecule has 1 aromatic heterocycles. The molecule has 1 aromatic carbocycles. The van der Waals surface area contributed by atoms with Crippen molar-refractivity contribution in [3.8, 4) is 0 Å². The van der Waals surface area contributed by atoms with Crippen LogP contribution >= 0.6 is 11.8 Å². The van der Waals surface area contributed by atoms with Gasteiger partial charge < -0.3 is 0 Å². The molecule has 2 aromatic rings. The Morgan fingerprint density at radius 1 is 1.18 bits per heavy atom. The van der Waals surface area contributed by atoms with Crippen LogP contribution in [-0.2, 0) is 11.9 Å². The predicted octanol–water partition coefficient (Wildman–Crippen LogP) is 3.12. The van der Waals surface area contributed by atoms with Crippen LogP contribution < -0.4 is 0 Å². The van der Waals surface area contributed by atoms with E-state index in [-0.39, 0.29) is 0 Å². The molecule has 0 saturated heterocycles. The normalized spacial score (nSPS) is 11.7. The van der Waals surface area contributed by atoms with Gasteiger partial charge in [0.05, 0.1) is 5.56 Å². The molecule has 90 valence electrons. The van der Waals surface area contributed by atoms with E-state index in [4.69, 9.17) is 0 Å². The molecule has 0 bridgehead atoms. The Kier molecular flexibility index (Phi) is 3.37. The molecule has 0 radical (unpaired) electrons. The maximum Gasteiger partial charge on any atom is 0.416 e. The minimum absolute atomic E-state index is 0.549. The van der Waals surface area contributed by atoms with Gasteiger partial charge in [-0.3, -0.25) is 5.10 Å². The zero-order chi connectivity index (χ0) is 12.3. The first kappa shape index (κ1) is 12.0. The van der Waals surface area contributed by atoms with E-state index in [0.717, 1.165) is 17.7 Å². The van der Waals surface area contributed by atoms with Gasteiger partial charge in [-0.1, -0.05) is 23.9 Å². The summed E-state index contributed by atoms with van der Waals surface area (Å²) in [5.41, 5.74) is 0.172. The fourth-order valence-electron chi connectivity index (χ4n) is 1.21. The summed E-state index contributed by atoms with van der Waals surface area (Å²) in [4.78, 5) is 3.90. The molecule has 1 N–H and O–H groups in total. The highest BCUT2D eigenvalue weighted by molar-refractivity contribution is 7.98. The number of halogens is 3. The second-order valence-electron chi connectivity index (χ2n) is 3.27. The molecule has 0 amide bonds. The molecule has 0 aliphatic carbocycles. The van der Waals surface area contributed by atoms with Crippen LogP contribution in [0.25, 0.3) is 0 Å². The van der Waals surface area contributed by atoms with E-state index in [2.05, 4.69) is 15.2 Å². The maximum atomic E-state index is 12.3. The highest BCUT2D eigenvalue weighted by atomic mass is 32.2. The minimum Gasteiger partial charge on any atom is -0.254 e. The van der Waals surface area contributed by atoms with Crippen molar-refractivity contribution in [2.45, 2.75) is 17.1 Å². The summed E-state index contributed by atoms with van der Waals surface area (Å²) >= 11 is 1.38. The molecular formula is C10H8F3N3S. The van der Waals surface area contributed by atoms with Gasteiger partial charge in [-0.15, -0.1) is 0 Å². The molecule has 2 rings (SSSR count). The van der Waals surface area contributed by atoms with Gasteiger partial charge in [-0.2, -0.15) is 18.3 Å². The fraction of sp³-hybridized carbons (Fsp3) is 0.200. The summed E-state index contributed by atoms with van der Waals surface area (Å²) in [5, 5.41) is 6.98. The van der Waals surface area contributed by atoms with Gasteiger partial charge in [0.15, 0.2) is 5.16 Å². The first-order chi connectivity index (χ1) is 8.05. The molecule has 0 fully saturated rings. The van der Waals surface area contributed by atoms with Gasteiger partial charge >= 0.3 is 6.18 Å². The number of aromatic nitrogens is 3. The lowest BCUT2D eigenvalue weighted by molar-refractivity contribution is -0.137. The first-order valence-corrected chi connectivity index (χ1v) is 5.68. The number of rotatable bonds is 3. The number of benzene rings is 1. The summed E-state index contributed by atoms with van der Waals surface area (Å²) < 4.78 is 36.9. The van der Waals surface area contributed by atoms with E-state index in [1.807, 2.05) is 0 Å². The Hall–Kier alpha value is -1.50. The quantitative estimate of drug-likeness (QED) is 0.861. The molecule has 17 heavy (non-hydrogen) atoms. The third kappa shape index (κ3) is 3.23. The van der Waals surface area contributed by atoms with Crippen LogP contribution in [0.5, 0.6) is 0 Å². The van der Waals surface area contributed by atoms with E-state index in [9.17, 15) is 13.2 Å². The lowest BCUT2D eigenvalue weighted by Gasteiger charge is -2.06. The van der Waals surface area contributed by atoms with Crippen LogP contribution in [0.3, 0.4) is 0 Å². The van der Waals surface area contributed by atoms with Crippen LogP contribution in [0.2, 0.25) is 0 Å². The Morgan fingerprint density at radius 3 is 2.41 bits per heavy atom. The summed E-state index contributed by atoms with van der Waals surface area (Å²) in [6, 6.07) is 5.09. The van der Waals surface area contributed by atoms with Crippen LogP contribution in [0.1, 0.15) is 11.1 Å². The fourth-order valence-corrected chi connectivity index (χ4v) is 1.94.